The topological polar surface area (TPSA) is 102 Å². The Kier molecular flexibility index (Phi) is 4.50. The van der Waals surface area contributed by atoms with Crippen molar-refractivity contribution in [3.8, 4) is 5.75 Å². The van der Waals surface area contributed by atoms with Crippen LogP contribution in [0.15, 0.2) is 23.1 Å². The number of ether oxygens (including phenoxy) is 2. The third kappa shape index (κ3) is 3.34. The first kappa shape index (κ1) is 15.7. The van der Waals surface area contributed by atoms with E-state index in [4.69, 9.17) is 14.6 Å². The van der Waals surface area contributed by atoms with Gasteiger partial charge in [-0.1, -0.05) is 6.07 Å². The summed E-state index contributed by atoms with van der Waals surface area (Å²) >= 11 is 0. The van der Waals surface area contributed by atoms with Crippen molar-refractivity contribution in [3.05, 3.63) is 23.8 Å². The van der Waals surface area contributed by atoms with Crippen molar-refractivity contribution in [1.29, 1.82) is 0 Å². The predicted molar refractivity (Wildman–Crippen MR) is 73.8 cm³/mol. The van der Waals surface area contributed by atoms with Crippen molar-refractivity contribution in [1.82, 2.24) is 4.72 Å². The maximum Gasteiger partial charge on any atom is 0.310 e. The van der Waals surface area contributed by atoms with Crippen molar-refractivity contribution < 1.29 is 27.8 Å². The van der Waals surface area contributed by atoms with Gasteiger partial charge in [0.1, 0.15) is 10.6 Å². The van der Waals surface area contributed by atoms with Crippen LogP contribution >= 0.6 is 0 Å². The van der Waals surface area contributed by atoms with Gasteiger partial charge in [-0.15, -0.1) is 0 Å². The molecule has 1 aliphatic heterocycles. The molecule has 21 heavy (non-hydrogen) atoms. The Morgan fingerprint density at radius 1 is 1.43 bits per heavy atom. The summed E-state index contributed by atoms with van der Waals surface area (Å²) in [5.41, 5.74) is 0.758. The summed E-state index contributed by atoms with van der Waals surface area (Å²) < 4.78 is 37.4. The fourth-order valence-corrected chi connectivity index (χ4v) is 3.69. The number of rotatable bonds is 5. The zero-order valence-corrected chi connectivity index (χ0v) is 12.5. The Bertz CT molecular complexity index is 642. The van der Waals surface area contributed by atoms with E-state index < -0.39 is 28.0 Å². The number of carboxylic acid groups (broad SMARTS) is 1. The first-order valence-electron chi connectivity index (χ1n) is 6.32. The molecule has 1 saturated heterocycles. The molecule has 8 heteroatoms. The van der Waals surface area contributed by atoms with Crippen LogP contribution < -0.4 is 9.46 Å². The zero-order valence-electron chi connectivity index (χ0n) is 11.7. The standard InChI is InChI=1S/C13H17NO6S/c1-8-3-4-11(19-2)12(5-8)21(17,18)14-10-7-20-6-9(10)13(15)16/h3-5,9-10,14H,6-7H2,1-2H3,(H,15,16). The van der Waals surface area contributed by atoms with Crippen molar-refractivity contribution in [3.63, 3.8) is 0 Å². The van der Waals surface area contributed by atoms with E-state index >= 15 is 0 Å². The third-order valence-corrected chi connectivity index (χ3v) is 4.82. The fourth-order valence-electron chi connectivity index (χ4n) is 2.17. The van der Waals surface area contributed by atoms with Crippen molar-refractivity contribution in [2.75, 3.05) is 20.3 Å². The summed E-state index contributed by atoms with van der Waals surface area (Å²) in [5, 5.41) is 9.06. The van der Waals surface area contributed by atoms with E-state index in [2.05, 4.69) is 4.72 Å². The highest BCUT2D eigenvalue weighted by atomic mass is 32.2. The molecule has 0 amide bonds. The Balaban J connectivity index is 2.30. The van der Waals surface area contributed by atoms with Crippen LogP contribution in [0, 0.1) is 12.8 Å². The van der Waals surface area contributed by atoms with Gasteiger partial charge >= 0.3 is 5.97 Å². The number of aliphatic carboxylic acids is 1. The summed E-state index contributed by atoms with van der Waals surface area (Å²) in [6, 6.07) is 3.98. The number of sulfonamides is 1. The number of methoxy groups -OCH3 is 1. The quantitative estimate of drug-likeness (QED) is 0.814. The first-order chi connectivity index (χ1) is 9.85. The molecule has 116 valence electrons. The van der Waals surface area contributed by atoms with Gasteiger partial charge in [0.15, 0.2) is 0 Å². The molecule has 0 bridgehead atoms. The Hall–Kier alpha value is -1.64. The lowest BCUT2D eigenvalue weighted by atomic mass is 10.1. The van der Waals surface area contributed by atoms with Crippen LogP contribution in [0.1, 0.15) is 5.56 Å². The van der Waals surface area contributed by atoms with Gasteiger partial charge in [0.05, 0.1) is 32.3 Å². The highest BCUT2D eigenvalue weighted by molar-refractivity contribution is 7.89. The van der Waals surface area contributed by atoms with Gasteiger partial charge in [0.2, 0.25) is 10.0 Å². The molecule has 0 spiro atoms. The molecule has 2 rings (SSSR count). The molecule has 0 aliphatic carbocycles. The van der Waals surface area contributed by atoms with Gasteiger partial charge in [0, 0.05) is 0 Å². The molecular formula is C13H17NO6S. The molecule has 1 fully saturated rings. The number of hydrogen-bond acceptors (Lipinski definition) is 5. The fraction of sp³-hybridized carbons (Fsp3) is 0.462. The van der Waals surface area contributed by atoms with E-state index in [0.29, 0.717) is 0 Å². The maximum absolute atomic E-state index is 12.4. The minimum Gasteiger partial charge on any atom is -0.495 e. The third-order valence-electron chi connectivity index (χ3n) is 3.31. The molecule has 2 atom stereocenters. The smallest absolute Gasteiger partial charge is 0.310 e. The molecule has 2 unspecified atom stereocenters. The molecule has 1 aromatic rings. The second kappa shape index (κ2) is 6.00. The van der Waals surface area contributed by atoms with Gasteiger partial charge in [0.25, 0.3) is 0 Å². The lowest BCUT2D eigenvalue weighted by molar-refractivity contribution is -0.142. The average Bonchev–Trinajstić information content (AvgIpc) is 2.86. The number of hydrogen-bond donors (Lipinski definition) is 2. The van der Waals surface area contributed by atoms with Crippen LogP contribution in [-0.2, 0) is 19.6 Å². The molecular weight excluding hydrogens is 298 g/mol. The van der Waals surface area contributed by atoms with Gasteiger partial charge < -0.3 is 14.6 Å². The van der Waals surface area contributed by atoms with Gasteiger partial charge in [-0.2, -0.15) is 0 Å². The lowest BCUT2D eigenvalue weighted by Gasteiger charge is -2.17. The Morgan fingerprint density at radius 3 is 2.76 bits per heavy atom. The van der Waals surface area contributed by atoms with Crippen LogP contribution in [0.5, 0.6) is 5.75 Å². The number of nitrogens with one attached hydrogen (secondary N) is 1. The summed E-state index contributed by atoms with van der Waals surface area (Å²) in [4.78, 5) is 11.1. The minimum atomic E-state index is -3.89. The normalized spacial score (nSPS) is 22.2. The predicted octanol–water partition coefficient (Wildman–Crippen LogP) is 0.382. The van der Waals surface area contributed by atoms with E-state index in [1.807, 2.05) is 0 Å². The van der Waals surface area contributed by atoms with E-state index in [9.17, 15) is 13.2 Å². The molecule has 1 aromatic carbocycles. The van der Waals surface area contributed by atoms with Gasteiger partial charge in [-0.3, -0.25) is 4.79 Å². The van der Waals surface area contributed by atoms with E-state index in [1.165, 1.54) is 13.2 Å². The SMILES string of the molecule is COc1ccc(C)cc1S(=O)(=O)NC1COCC1C(=O)O. The highest BCUT2D eigenvalue weighted by Gasteiger charge is 2.37. The number of aryl methyl sites for hydroxylation is 1. The summed E-state index contributed by atoms with van der Waals surface area (Å²) in [7, 11) is -2.52. The zero-order chi connectivity index (χ0) is 15.6. The van der Waals surface area contributed by atoms with Gasteiger partial charge in [-0.25, -0.2) is 13.1 Å². The molecule has 0 saturated carbocycles. The molecule has 1 heterocycles. The van der Waals surface area contributed by atoms with E-state index in [-0.39, 0.29) is 23.9 Å². The molecule has 0 aromatic heterocycles. The molecule has 7 nitrogen and oxygen atoms in total. The maximum atomic E-state index is 12.4. The second-order valence-corrected chi connectivity index (χ2v) is 6.55. The van der Waals surface area contributed by atoms with Crippen LogP contribution in [0.2, 0.25) is 0 Å². The molecule has 0 radical (unpaired) electrons. The summed E-state index contributed by atoms with van der Waals surface area (Å²) in [6.07, 6.45) is 0. The van der Waals surface area contributed by atoms with Crippen LogP contribution in [0.3, 0.4) is 0 Å². The Morgan fingerprint density at radius 2 is 2.14 bits per heavy atom. The van der Waals surface area contributed by atoms with Crippen LogP contribution in [0.25, 0.3) is 0 Å². The summed E-state index contributed by atoms with van der Waals surface area (Å²) in [6.45, 7) is 1.79. The first-order valence-corrected chi connectivity index (χ1v) is 7.81. The minimum absolute atomic E-state index is 0.00648. The lowest BCUT2D eigenvalue weighted by Crippen LogP contribution is -2.42. The molecule has 2 N–H and O–H groups in total. The Labute approximate surface area is 122 Å². The average molecular weight is 315 g/mol. The van der Waals surface area contributed by atoms with E-state index in [1.54, 1.807) is 19.1 Å². The van der Waals surface area contributed by atoms with Gasteiger partial charge in [-0.05, 0) is 24.6 Å². The van der Waals surface area contributed by atoms with E-state index in [0.717, 1.165) is 5.56 Å². The summed E-state index contributed by atoms with van der Waals surface area (Å²) in [5.74, 6) is -1.77. The van der Waals surface area contributed by atoms with Crippen molar-refractivity contribution in [2.45, 2.75) is 17.9 Å². The number of carboxylic acids is 1. The van der Waals surface area contributed by atoms with Crippen LogP contribution in [-0.4, -0.2) is 45.9 Å². The monoisotopic (exact) mass is 315 g/mol. The highest BCUT2D eigenvalue weighted by Crippen LogP contribution is 2.26. The van der Waals surface area contributed by atoms with Crippen LogP contribution in [0.4, 0.5) is 0 Å². The van der Waals surface area contributed by atoms with Crippen molar-refractivity contribution >= 4 is 16.0 Å². The second-order valence-electron chi connectivity index (χ2n) is 4.86. The number of benzene rings is 1. The molecule has 1 aliphatic rings. The van der Waals surface area contributed by atoms with Crippen molar-refractivity contribution in [2.24, 2.45) is 5.92 Å². The number of carbonyl (C=O) groups is 1. The largest absolute Gasteiger partial charge is 0.495 e.